The molecule has 5 atom stereocenters. The van der Waals surface area contributed by atoms with Crippen LogP contribution in [0.3, 0.4) is 0 Å². The lowest BCUT2D eigenvalue weighted by atomic mass is 9.74. The highest BCUT2D eigenvalue weighted by molar-refractivity contribution is 5.81. The molecule has 1 nitrogen and oxygen atoms in total. The Bertz CT molecular complexity index is 437. The normalized spacial score (nSPS) is 35.3. The summed E-state index contributed by atoms with van der Waals surface area (Å²) >= 11 is 0. The van der Waals surface area contributed by atoms with Gasteiger partial charge in [-0.3, -0.25) is 4.79 Å². The van der Waals surface area contributed by atoms with Crippen molar-refractivity contribution in [3.05, 3.63) is 12.2 Å². The molecule has 0 aliphatic heterocycles. The van der Waals surface area contributed by atoms with E-state index in [-0.39, 0.29) is 0 Å². The van der Waals surface area contributed by atoms with E-state index in [2.05, 4.69) is 13.5 Å². The highest BCUT2D eigenvalue weighted by atomic mass is 16.1. The number of carbonyl (C=O) groups is 1. The first kappa shape index (κ1) is 18.2. The molecule has 0 aromatic heterocycles. The molecule has 3 aliphatic rings. The number of ketones is 1. The second-order valence-corrected chi connectivity index (χ2v) is 9.26. The van der Waals surface area contributed by atoms with Crippen LogP contribution < -0.4 is 0 Å². The van der Waals surface area contributed by atoms with Gasteiger partial charge >= 0.3 is 0 Å². The minimum absolute atomic E-state index is 0.483. The van der Waals surface area contributed by atoms with Crippen LogP contribution in [0.2, 0.25) is 0 Å². The number of unbranched alkanes of at least 4 members (excludes halogenated alkanes) is 1. The van der Waals surface area contributed by atoms with Gasteiger partial charge in [-0.15, -0.1) is 0 Å². The van der Waals surface area contributed by atoms with Gasteiger partial charge in [0.15, 0.2) is 0 Å². The molecular formula is C23H38O. The molecule has 0 saturated heterocycles. The molecule has 1 heteroatoms. The van der Waals surface area contributed by atoms with E-state index in [0.717, 1.165) is 36.5 Å². The van der Waals surface area contributed by atoms with Crippen molar-refractivity contribution in [2.24, 2.45) is 29.6 Å². The number of carbonyl (C=O) groups excluding carboxylic acids is 1. The lowest BCUT2D eigenvalue weighted by Gasteiger charge is -2.31. The van der Waals surface area contributed by atoms with Crippen LogP contribution in [0.25, 0.3) is 0 Å². The van der Waals surface area contributed by atoms with Crippen LogP contribution in [0, 0.1) is 29.6 Å². The number of rotatable bonds is 9. The van der Waals surface area contributed by atoms with E-state index < -0.39 is 0 Å². The lowest BCUT2D eigenvalue weighted by Crippen LogP contribution is -2.22. The summed E-state index contributed by atoms with van der Waals surface area (Å²) in [6.45, 7) is 6.56. The van der Waals surface area contributed by atoms with E-state index in [1.807, 2.05) is 0 Å². The summed E-state index contributed by atoms with van der Waals surface area (Å²) in [7, 11) is 0. The van der Waals surface area contributed by atoms with Crippen LogP contribution in [0.5, 0.6) is 0 Å². The Labute approximate surface area is 149 Å². The summed E-state index contributed by atoms with van der Waals surface area (Å²) in [4.78, 5) is 12.6. The van der Waals surface area contributed by atoms with Crippen molar-refractivity contribution in [1.82, 2.24) is 0 Å². The largest absolute Gasteiger partial charge is 0.299 e. The number of allylic oxidation sites excluding steroid dienone is 1. The molecule has 0 aromatic carbocycles. The third kappa shape index (κ3) is 4.73. The molecule has 2 bridgehead atoms. The zero-order valence-electron chi connectivity index (χ0n) is 15.9. The summed E-state index contributed by atoms with van der Waals surface area (Å²) < 4.78 is 0. The molecule has 0 aromatic rings. The van der Waals surface area contributed by atoms with Crippen LogP contribution in [0.4, 0.5) is 0 Å². The second kappa shape index (κ2) is 8.68. The first-order valence-corrected chi connectivity index (χ1v) is 10.8. The van der Waals surface area contributed by atoms with Gasteiger partial charge in [0.1, 0.15) is 5.78 Å². The number of fused-ring (bicyclic) bond motifs is 2. The molecule has 0 radical (unpaired) electrons. The predicted octanol–water partition coefficient (Wildman–Crippen LogP) is 6.71. The fraction of sp³-hybridized carbons (Fsp3) is 0.870. The van der Waals surface area contributed by atoms with Gasteiger partial charge in [-0.25, -0.2) is 0 Å². The van der Waals surface area contributed by atoms with Crippen molar-refractivity contribution in [2.45, 2.75) is 96.8 Å². The quantitative estimate of drug-likeness (QED) is 0.429. The summed E-state index contributed by atoms with van der Waals surface area (Å²) in [6.07, 6.45) is 17.8. The Kier molecular flexibility index (Phi) is 6.58. The van der Waals surface area contributed by atoms with Crippen molar-refractivity contribution < 1.29 is 4.79 Å². The monoisotopic (exact) mass is 330 g/mol. The molecule has 0 heterocycles. The maximum atomic E-state index is 12.6. The van der Waals surface area contributed by atoms with E-state index in [1.165, 1.54) is 76.2 Å². The van der Waals surface area contributed by atoms with Crippen molar-refractivity contribution in [2.75, 3.05) is 0 Å². The summed E-state index contributed by atoms with van der Waals surface area (Å²) in [5, 5.41) is 0. The van der Waals surface area contributed by atoms with Crippen LogP contribution in [0.1, 0.15) is 96.8 Å². The van der Waals surface area contributed by atoms with Crippen molar-refractivity contribution in [3.8, 4) is 0 Å². The van der Waals surface area contributed by atoms with Gasteiger partial charge in [0, 0.05) is 12.8 Å². The molecule has 3 saturated carbocycles. The first-order chi connectivity index (χ1) is 11.7. The zero-order chi connectivity index (χ0) is 16.9. The number of hydrogen-bond acceptors (Lipinski definition) is 1. The Hall–Kier alpha value is -0.590. The van der Waals surface area contributed by atoms with E-state index in [9.17, 15) is 4.79 Å². The highest BCUT2D eigenvalue weighted by Gasteiger charge is 2.39. The van der Waals surface area contributed by atoms with Crippen molar-refractivity contribution in [3.63, 3.8) is 0 Å². The van der Waals surface area contributed by atoms with E-state index >= 15 is 0 Å². The van der Waals surface area contributed by atoms with E-state index in [0.29, 0.717) is 18.1 Å². The standard InChI is InChI=1S/C23H38O/c1-3-4-7-19-8-5-6-9-20(19)16-23(24)13-17(2)12-22-15-18-10-11-21(22)14-18/h18-22H,2-16H2,1H3. The molecule has 136 valence electrons. The van der Waals surface area contributed by atoms with Crippen LogP contribution in [0.15, 0.2) is 12.2 Å². The molecule has 0 N–H and O–H groups in total. The smallest absolute Gasteiger partial charge is 0.137 e. The van der Waals surface area contributed by atoms with Crippen molar-refractivity contribution in [1.29, 1.82) is 0 Å². The Morgan fingerprint density at radius 2 is 1.75 bits per heavy atom. The predicted molar refractivity (Wildman–Crippen MR) is 102 cm³/mol. The Morgan fingerprint density at radius 1 is 0.958 bits per heavy atom. The van der Waals surface area contributed by atoms with Gasteiger partial charge < -0.3 is 0 Å². The molecule has 24 heavy (non-hydrogen) atoms. The van der Waals surface area contributed by atoms with Gasteiger partial charge in [-0.1, -0.05) is 64.0 Å². The van der Waals surface area contributed by atoms with E-state index in [4.69, 9.17) is 0 Å². The molecular weight excluding hydrogens is 292 g/mol. The maximum Gasteiger partial charge on any atom is 0.137 e. The first-order valence-electron chi connectivity index (χ1n) is 10.8. The van der Waals surface area contributed by atoms with E-state index in [1.54, 1.807) is 0 Å². The molecule has 3 fully saturated rings. The van der Waals surface area contributed by atoms with Crippen LogP contribution in [-0.2, 0) is 4.79 Å². The lowest BCUT2D eigenvalue weighted by molar-refractivity contribution is -0.120. The summed E-state index contributed by atoms with van der Waals surface area (Å²) in [5.41, 5.74) is 1.23. The summed E-state index contributed by atoms with van der Waals surface area (Å²) in [6, 6.07) is 0. The van der Waals surface area contributed by atoms with Crippen molar-refractivity contribution >= 4 is 5.78 Å². The third-order valence-electron chi connectivity index (χ3n) is 7.37. The van der Waals surface area contributed by atoms with Gasteiger partial charge in [-0.05, 0) is 61.7 Å². The maximum absolute atomic E-state index is 12.6. The van der Waals surface area contributed by atoms with Gasteiger partial charge in [0.05, 0.1) is 0 Å². The highest BCUT2D eigenvalue weighted by Crippen LogP contribution is 2.50. The Balaban J connectivity index is 1.41. The molecule has 3 rings (SSSR count). The SMILES string of the molecule is C=C(CC(=O)CC1CCCCC1CCCC)CC1CC2CCC1C2. The van der Waals surface area contributed by atoms with Crippen LogP contribution in [-0.4, -0.2) is 5.78 Å². The molecule has 0 spiro atoms. The number of Topliss-reactive ketones (excluding diaryl/α,β-unsaturated/α-hetero) is 1. The second-order valence-electron chi connectivity index (χ2n) is 9.26. The van der Waals surface area contributed by atoms with Crippen LogP contribution >= 0.6 is 0 Å². The minimum atomic E-state index is 0.483. The average molecular weight is 331 g/mol. The molecule has 5 unspecified atom stereocenters. The molecule has 0 amide bonds. The Morgan fingerprint density at radius 3 is 2.42 bits per heavy atom. The fourth-order valence-electron chi connectivity index (χ4n) is 6.11. The average Bonchev–Trinajstić information content (AvgIpc) is 3.16. The van der Waals surface area contributed by atoms with Gasteiger partial charge in [0.2, 0.25) is 0 Å². The van der Waals surface area contributed by atoms with Gasteiger partial charge in [0.25, 0.3) is 0 Å². The minimum Gasteiger partial charge on any atom is -0.299 e. The molecule has 3 aliphatic carbocycles. The van der Waals surface area contributed by atoms with Gasteiger partial charge in [-0.2, -0.15) is 0 Å². The fourth-order valence-corrected chi connectivity index (χ4v) is 6.11. The number of hydrogen-bond donors (Lipinski definition) is 0. The third-order valence-corrected chi connectivity index (χ3v) is 7.37. The summed E-state index contributed by atoms with van der Waals surface area (Å²) in [5.74, 6) is 4.80. The topological polar surface area (TPSA) is 17.1 Å². The zero-order valence-corrected chi connectivity index (χ0v) is 15.9.